The van der Waals surface area contributed by atoms with E-state index < -0.39 is 10.0 Å². The predicted molar refractivity (Wildman–Crippen MR) is 86.0 cm³/mol. The topological polar surface area (TPSA) is 57.6 Å². The fourth-order valence-electron chi connectivity index (χ4n) is 3.03. The van der Waals surface area contributed by atoms with E-state index in [0.717, 1.165) is 42.0 Å². The number of aryl methyl sites for hydroxylation is 1. The van der Waals surface area contributed by atoms with Crippen LogP contribution in [0.1, 0.15) is 49.5 Å². The van der Waals surface area contributed by atoms with E-state index in [2.05, 4.69) is 6.92 Å². The molecule has 2 rings (SSSR count). The van der Waals surface area contributed by atoms with Gasteiger partial charge in [-0.3, -0.25) is 0 Å². The van der Waals surface area contributed by atoms with E-state index in [4.69, 9.17) is 0 Å². The normalized spacial score (nSPS) is 23.7. The standard InChI is InChI=1S/C15H25NO3S2/c1-4-12-5-7-13(8-6-12)16(3)21(18,19)15-9-11(2)14(10-17)20-15/h9,12-13,17H,4-8,10H2,1-3H3. The summed E-state index contributed by atoms with van der Waals surface area (Å²) < 4.78 is 27.3. The molecule has 6 heteroatoms. The Morgan fingerprint density at radius 2 is 1.95 bits per heavy atom. The zero-order chi connectivity index (χ0) is 15.6. The van der Waals surface area contributed by atoms with Gasteiger partial charge in [-0.15, -0.1) is 11.3 Å². The molecule has 1 heterocycles. The van der Waals surface area contributed by atoms with Crippen LogP contribution in [-0.2, 0) is 16.6 Å². The number of hydrogen-bond donors (Lipinski definition) is 1. The Labute approximate surface area is 131 Å². The van der Waals surface area contributed by atoms with E-state index in [1.54, 1.807) is 17.4 Å². The summed E-state index contributed by atoms with van der Waals surface area (Å²) in [7, 11) is -1.74. The first-order valence-electron chi connectivity index (χ1n) is 7.58. The molecule has 120 valence electrons. The van der Waals surface area contributed by atoms with Crippen LogP contribution in [0.25, 0.3) is 0 Å². The third kappa shape index (κ3) is 3.50. The minimum absolute atomic E-state index is 0.0999. The van der Waals surface area contributed by atoms with Crippen LogP contribution < -0.4 is 0 Å². The quantitative estimate of drug-likeness (QED) is 0.902. The molecule has 0 radical (unpaired) electrons. The molecule has 0 aliphatic heterocycles. The minimum atomic E-state index is -3.43. The zero-order valence-corrected chi connectivity index (χ0v) is 14.6. The van der Waals surface area contributed by atoms with E-state index in [9.17, 15) is 13.5 Å². The van der Waals surface area contributed by atoms with Crippen molar-refractivity contribution in [1.29, 1.82) is 0 Å². The molecule has 1 aliphatic rings. The van der Waals surface area contributed by atoms with Crippen molar-refractivity contribution in [3.05, 3.63) is 16.5 Å². The van der Waals surface area contributed by atoms with Gasteiger partial charge in [0.25, 0.3) is 10.0 Å². The van der Waals surface area contributed by atoms with Crippen molar-refractivity contribution in [1.82, 2.24) is 4.31 Å². The molecule has 1 N–H and O–H groups in total. The van der Waals surface area contributed by atoms with Gasteiger partial charge in [0.05, 0.1) is 6.61 Å². The first-order chi connectivity index (χ1) is 9.90. The molecule has 1 fully saturated rings. The largest absolute Gasteiger partial charge is 0.391 e. The fourth-order valence-corrected chi connectivity index (χ4v) is 6.08. The van der Waals surface area contributed by atoms with Crippen molar-refractivity contribution in [3.63, 3.8) is 0 Å². The Kier molecular flexibility index (Phi) is 5.46. The van der Waals surface area contributed by atoms with Gasteiger partial charge in [-0.2, -0.15) is 4.31 Å². The summed E-state index contributed by atoms with van der Waals surface area (Å²) in [6.07, 6.45) is 5.32. The van der Waals surface area contributed by atoms with Crippen molar-refractivity contribution in [3.8, 4) is 0 Å². The number of aliphatic hydroxyl groups is 1. The highest BCUT2D eigenvalue weighted by Gasteiger charge is 2.32. The maximum absolute atomic E-state index is 12.7. The van der Waals surface area contributed by atoms with Crippen molar-refractivity contribution >= 4 is 21.4 Å². The molecule has 0 unspecified atom stereocenters. The first-order valence-corrected chi connectivity index (χ1v) is 9.84. The van der Waals surface area contributed by atoms with Gasteiger partial charge in [0.1, 0.15) is 4.21 Å². The predicted octanol–water partition coefficient (Wildman–Crippen LogP) is 3.14. The second kappa shape index (κ2) is 6.77. The van der Waals surface area contributed by atoms with Gasteiger partial charge >= 0.3 is 0 Å². The number of nitrogens with zero attached hydrogens (tertiary/aromatic N) is 1. The summed E-state index contributed by atoms with van der Waals surface area (Å²) in [6.45, 7) is 3.95. The fraction of sp³-hybridized carbons (Fsp3) is 0.733. The van der Waals surface area contributed by atoms with Crippen LogP contribution in [-0.4, -0.2) is 30.9 Å². The van der Waals surface area contributed by atoms with Gasteiger partial charge < -0.3 is 5.11 Å². The number of thiophene rings is 1. The van der Waals surface area contributed by atoms with E-state index >= 15 is 0 Å². The molecular weight excluding hydrogens is 306 g/mol. The minimum Gasteiger partial charge on any atom is -0.391 e. The van der Waals surface area contributed by atoms with Crippen molar-refractivity contribution in [2.75, 3.05) is 7.05 Å². The molecule has 0 aromatic carbocycles. The Morgan fingerprint density at radius 3 is 2.43 bits per heavy atom. The van der Waals surface area contributed by atoms with Crippen molar-refractivity contribution < 1.29 is 13.5 Å². The molecule has 0 spiro atoms. The molecule has 0 atom stereocenters. The molecule has 1 aromatic rings. The summed E-state index contributed by atoms with van der Waals surface area (Å²) >= 11 is 1.18. The molecule has 0 amide bonds. The Morgan fingerprint density at radius 1 is 1.33 bits per heavy atom. The highest BCUT2D eigenvalue weighted by atomic mass is 32.2. The number of aliphatic hydroxyl groups excluding tert-OH is 1. The van der Waals surface area contributed by atoms with Crippen molar-refractivity contribution in [2.24, 2.45) is 5.92 Å². The SMILES string of the molecule is CCC1CCC(N(C)S(=O)(=O)c2cc(C)c(CO)s2)CC1. The molecule has 0 saturated heterocycles. The van der Waals surface area contributed by atoms with E-state index in [0.29, 0.717) is 4.21 Å². The van der Waals surface area contributed by atoms with Crippen LogP contribution in [0.3, 0.4) is 0 Å². The van der Waals surface area contributed by atoms with Gasteiger partial charge in [-0.1, -0.05) is 13.3 Å². The van der Waals surface area contributed by atoms with Crippen LogP contribution in [0.5, 0.6) is 0 Å². The Hall–Kier alpha value is -0.430. The van der Waals surface area contributed by atoms with Crippen LogP contribution >= 0.6 is 11.3 Å². The zero-order valence-electron chi connectivity index (χ0n) is 13.0. The lowest BCUT2D eigenvalue weighted by Gasteiger charge is -2.33. The van der Waals surface area contributed by atoms with Gasteiger partial charge in [0, 0.05) is 18.0 Å². The average molecular weight is 332 g/mol. The van der Waals surface area contributed by atoms with Crippen LogP contribution in [0.2, 0.25) is 0 Å². The first kappa shape index (κ1) is 16.9. The third-order valence-electron chi connectivity index (χ3n) is 4.68. The van der Waals surface area contributed by atoms with Crippen LogP contribution in [0, 0.1) is 12.8 Å². The third-order valence-corrected chi connectivity index (χ3v) is 8.26. The second-order valence-electron chi connectivity index (χ2n) is 5.93. The number of sulfonamides is 1. The number of rotatable bonds is 5. The monoisotopic (exact) mass is 331 g/mol. The molecule has 21 heavy (non-hydrogen) atoms. The summed E-state index contributed by atoms with van der Waals surface area (Å²) in [5, 5.41) is 9.24. The molecule has 4 nitrogen and oxygen atoms in total. The molecule has 1 aliphatic carbocycles. The number of hydrogen-bond acceptors (Lipinski definition) is 4. The molecular formula is C15H25NO3S2. The second-order valence-corrected chi connectivity index (χ2v) is 9.29. The van der Waals surface area contributed by atoms with E-state index in [1.165, 1.54) is 17.8 Å². The lowest BCUT2D eigenvalue weighted by atomic mass is 9.85. The Balaban J connectivity index is 2.15. The lowest BCUT2D eigenvalue weighted by molar-refractivity contribution is 0.233. The molecule has 1 aromatic heterocycles. The molecule has 0 bridgehead atoms. The van der Waals surface area contributed by atoms with E-state index in [-0.39, 0.29) is 12.6 Å². The summed E-state index contributed by atoms with van der Waals surface area (Å²) in [5.74, 6) is 0.752. The highest BCUT2D eigenvalue weighted by Crippen LogP contribution is 2.34. The van der Waals surface area contributed by atoms with Crippen LogP contribution in [0.4, 0.5) is 0 Å². The van der Waals surface area contributed by atoms with Gasteiger partial charge in [-0.25, -0.2) is 8.42 Å². The van der Waals surface area contributed by atoms with Gasteiger partial charge in [0.2, 0.25) is 0 Å². The van der Waals surface area contributed by atoms with Crippen LogP contribution in [0.15, 0.2) is 10.3 Å². The summed E-state index contributed by atoms with van der Waals surface area (Å²) in [6, 6.07) is 1.79. The van der Waals surface area contributed by atoms with Gasteiger partial charge in [0.15, 0.2) is 0 Å². The average Bonchev–Trinajstić information content (AvgIpc) is 2.88. The maximum Gasteiger partial charge on any atom is 0.252 e. The summed E-state index contributed by atoms with van der Waals surface area (Å²) in [4.78, 5) is 0.733. The lowest BCUT2D eigenvalue weighted by Crippen LogP contribution is -2.39. The van der Waals surface area contributed by atoms with E-state index in [1.807, 2.05) is 6.92 Å². The van der Waals surface area contributed by atoms with Gasteiger partial charge in [-0.05, 0) is 50.2 Å². The Bertz CT molecular complexity index is 572. The highest BCUT2D eigenvalue weighted by molar-refractivity contribution is 7.91. The summed E-state index contributed by atoms with van der Waals surface area (Å²) in [5.41, 5.74) is 0.851. The maximum atomic E-state index is 12.7. The van der Waals surface area contributed by atoms with Crippen molar-refractivity contribution in [2.45, 2.75) is 62.8 Å². The molecule has 1 saturated carbocycles. The smallest absolute Gasteiger partial charge is 0.252 e.